The Morgan fingerprint density at radius 2 is 2.13 bits per heavy atom. The molecule has 130 valence electrons. The normalized spacial score (nSPS) is 12.7. The van der Waals surface area contributed by atoms with E-state index in [1.165, 1.54) is 0 Å². The van der Waals surface area contributed by atoms with Crippen molar-refractivity contribution in [1.82, 2.24) is 14.9 Å². The number of imidazole rings is 1. The highest BCUT2D eigenvalue weighted by Crippen LogP contribution is 2.08. The monoisotopic (exact) mass is 343 g/mol. The molecular weight excluding hydrogens is 318 g/mol. The van der Waals surface area contributed by atoms with Crippen LogP contribution in [0.4, 0.5) is 4.79 Å². The van der Waals surface area contributed by atoms with E-state index in [0.29, 0.717) is 5.69 Å². The SMILES string of the molecule is CC(C)(C)OC(=O)N[C@@H](Cc1cn(CCCCS)cn1)C(=O)O. The molecule has 1 aromatic heterocycles. The molecule has 0 aromatic carbocycles. The van der Waals surface area contributed by atoms with Crippen LogP contribution in [0.5, 0.6) is 0 Å². The van der Waals surface area contributed by atoms with Gasteiger partial charge in [-0.15, -0.1) is 0 Å². The first-order chi connectivity index (χ1) is 10.7. The second kappa shape index (κ2) is 8.81. The molecule has 8 heteroatoms. The number of aromatic nitrogens is 2. The van der Waals surface area contributed by atoms with Crippen molar-refractivity contribution in [3.8, 4) is 0 Å². The zero-order chi connectivity index (χ0) is 17.5. The Hall–Kier alpha value is -1.70. The number of carboxylic acids is 1. The van der Waals surface area contributed by atoms with Crippen molar-refractivity contribution >= 4 is 24.7 Å². The molecule has 1 amide bonds. The maximum absolute atomic E-state index is 11.7. The number of carbonyl (C=O) groups excluding carboxylic acids is 1. The average molecular weight is 343 g/mol. The molecule has 0 aliphatic carbocycles. The number of aliphatic carboxylic acids is 1. The number of thiol groups is 1. The first kappa shape index (κ1) is 19.3. The number of unbranched alkanes of at least 4 members (excludes halogenated alkanes) is 1. The highest BCUT2D eigenvalue weighted by molar-refractivity contribution is 7.80. The zero-order valence-electron chi connectivity index (χ0n) is 13.8. The number of amides is 1. The summed E-state index contributed by atoms with van der Waals surface area (Å²) in [5.41, 5.74) is -0.0684. The summed E-state index contributed by atoms with van der Waals surface area (Å²) in [7, 11) is 0. The summed E-state index contributed by atoms with van der Waals surface area (Å²) in [6, 6.07) is -1.08. The molecular formula is C15H25N3O4S. The Bertz CT molecular complexity index is 525. The van der Waals surface area contributed by atoms with Crippen molar-refractivity contribution in [2.24, 2.45) is 0 Å². The molecule has 0 saturated heterocycles. The minimum absolute atomic E-state index is 0.105. The fraction of sp³-hybridized carbons (Fsp3) is 0.667. The molecule has 23 heavy (non-hydrogen) atoms. The lowest BCUT2D eigenvalue weighted by Gasteiger charge is -2.21. The highest BCUT2D eigenvalue weighted by Gasteiger charge is 2.24. The smallest absolute Gasteiger partial charge is 0.408 e. The zero-order valence-corrected chi connectivity index (χ0v) is 14.7. The van der Waals surface area contributed by atoms with Crippen LogP contribution < -0.4 is 5.32 Å². The Kier molecular flexibility index (Phi) is 7.41. The van der Waals surface area contributed by atoms with Crippen molar-refractivity contribution < 1.29 is 19.4 Å². The van der Waals surface area contributed by atoms with Gasteiger partial charge in [-0.25, -0.2) is 14.6 Å². The standard InChI is InChI=1S/C15H25N3O4S/c1-15(2,3)22-14(21)17-12(13(19)20)8-11-9-18(10-16-11)6-4-5-7-23/h9-10,12,23H,4-8H2,1-3H3,(H,17,21)(H,19,20)/t12-/m0/s1. The third kappa shape index (κ3) is 7.92. The second-order valence-electron chi connectivity index (χ2n) is 6.27. The molecule has 0 saturated carbocycles. The average Bonchev–Trinajstić information content (AvgIpc) is 2.83. The Morgan fingerprint density at radius 1 is 1.43 bits per heavy atom. The van der Waals surface area contributed by atoms with E-state index in [2.05, 4.69) is 22.9 Å². The summed E-state index contributed by atoms with van der Waals surface area (Å²) in [6.07, 6.45) is 4.81. The minimum atomic E-state index is -1.12. The van der Waals surface area contributed by atoms with E-state index >= 15 is 0 Å². The number of nitrogens with one attached hydrogen (secondary N) is 1. The van der Waals surface area contributed by atoms with Gasteiger partial charge in [-0.1, -0.05) is 0 Å². The van der Waals surface area contributed by atoms with Crippen LogP contribution >= 0.6 is 12.6 Å². The van der Waals surface area contributed by atoms with Crippen LogP contribution in [0.1, 0.15) is 39.3 Å². The molecule has 1 aromatic rings. The largest absolute Gasteiger partial charge is 0.480 e. The molecule has 7 nitrogen and oxygen atoms in total. The molecule has 0 spiro atoms. The van der Waals surface area contributed by atoms with Crippen LogP contribution in [-0.4, -0.2) is 44.1 Å². The molecule has 0 aliphatic heterocycles. The maximum Gasteiger partial charge on any atom is 0.408 e. The van der Waals surface area contributed by atoms with Crippen LogP contribution in [-0.2, 0) is 22.5 Å². The summed E-state index contributed by atoms with van der Waals surface area (Å²) in [4.78, 5) is 27.2. The van der Waals surface area contributed by atoms with Crippen molar-refractivity contribution in [2.75, 3.05) is 5.75 Å². The van der Waals surface area contributed by atoms with Gasteiger partial charge in [0.05, 0.1) is 12.0 Å². The maximum atomic E-state index is 11.7. The number of carbonyl (C=O) groups is 2. The van der Waals surface area contributed by atoms with Crippen LogP contribution in [0.2, 0.25) is 0 Å². The molecule has 0 radical (unpaired) electrons. The van der Waals surface area contributed by atoms with Gasteiger partial charge in [0.15, 0.2) is 0 Å². The highest BCUT2D eigenvalue weighted by atomic mass is 32.1. The lowest BCUT2D eigenvalue weighted by atomic mass is 10.1. The Morgan fingerprint density at radius 3 is 2.70 bits per heavy atom. The molecule has 2 N–H and O–H groups in total. The van der Waals surface area contributed by atoms with E-state index < -0.39 is 23.7 Å². The fourth-order valence-electron chi connectivity index (χ4n) is 1.90. The van der Waals surface area contributed by atoms with E-state index in [1.807, 2.05) is 4.57 Å². The lowest BCUT2D eigenvalue weighted by Crippen LogP contribution is -2.44. The second-order valence-corrected chi connectivity index (χ2v) is 6.72. The topological polar surface area (TPSA) is 93.5 Å². The molecule has 1 atom stereocenters. The molecule has 0 aliphatic rings. The van der Waals surface area contributed by atoms with Crippen molar-refractivity contribution in [1.29, 1.82) is 0 Å². The predicted molar refractivity (Wildman–Crippen MR) is 89.8 cm³/mol. The Labute approximate surface area is 141 Å². The predicted octanol–water partition coefficient (Wildman–Crippen LogP) is 2.11. The number of aryl methyl sites for hydroxylation is 1. The number of rotatable bonds is 8. The van der Waals surface area contributed by atoms with E-state index in [4.69, 9.17) is 4.74 Å². The van der Waals surface area contributed by atoms with E-state index in [9.17, 15) is 14.7 Å². The van der Waals surface area contributed by atoms with E-state index in [0.717, 1.165) is 25.1 Å². The van der Waals surface area contributed by atoms with Crippen molar-refractivity contribution in [2.45, 2.75) is 58.2 Å². The third-order valence-electron chi connectivity index (χ3n) is 2.91. The molecule has 0 fully saturated rings. The van der Waals surface area contributed by atoms with Crippen LogP contribution in [0.3, 0.4) is 0 Å². The Balaban J connectivity index is 2.59. The first-order valence-corrected chi connectivity index (χ1v) is 8.18. The molecule has 1 heterocycles. The summed E-state index contributed by atoms with van der Waals surface area (Å²) in [5, 5.41) is 11.6. The number of ether oxygens (including phenoxy) is 1. The quantitative estimate of drug-likeness (QED) is 0.496. The molecule has 0 bridgehead atoms. The van der Waals surface area contributed by atoms with Crippen LogP contribution in [0.25, 0.3) is 0 Å². The fourth-order valence-corrected chi connectivity index (χ4v) is 2.12. The number of carboxylic acid groups (broad SMARTS) is 1. The minimum Gasteiger partial charge on any atom is -0.480 e. The van der Waals surface area contributed by atoms with Gasteiger partial charge in [-0.05, 0) is 39.4 Å². The number of hydrogen-bond donors (Lipinski definition) is 3. The van der Waals surface area contributed by atoms with Crippen molar-refractivity contribution in [3.63, 3.8) is 0 Å². The van der Waals surface area contributed by atoms with Gasteiger partial charge in [0.1, 0.15) is 11.6 Å². The van der Waals surface area contributed by atoms with Gasteiger partial charge in [0.2, 0.25) is 0 Å². The van der Waals surface area contributed by atoms with E-state index in [1.54, 1.807) is 33.3 Å². The number of alkyl carbamates (subject to hydrolysis) is 1. The lowest BCUT2D eigenvalue weighted by molar-refractivity contribution is -0.139. The third-order valence-corrected chi connectivity index (χ3v) is 3.23. The van der Waals surface area contributed by atoms with Gasteiger partial charge in [0.25, 0.3) is 0 Å². The molecule has 0 unspecified atom stereocenters. The summed E-state index contributed by atoms with van der Waals surface area (Å²) >= 11 is 4.16. The number of hydrogen-bond acceptors (Lipinski definition) is 5. The van der Waals surface area contributed by atoms with Crippen LogP contribution in [0.15, 0.2) is 12.5 Å². The molecule has 1 rings (SSSR count). The summed E-state index contributed by atoms with van der Waals surface area (Å²) in [5.74, 6) is -0.289. The van der Waals surface area contributed by atoms with Crippen LogP contribution in [0, 0.1) is 0 Å². The van der Waals surface area contributed by atoms with Gasteiger partial charge < -0.3 is 19.7 Å². The van der Waals surface area contributed by atoms with Gasteiger partial charge >= 0.3 is 12.1 Å². The van der Waals surface area contributed by atoms with Crippen molar-refractivity contribution in [3.05, 3.63) is 18.2 Å². The van der Waals surface area contributed by atoms with E-state index in [-0.39, 0.29) is 6.42 Å². The van der Waals surface area contributed by atoms with Gasteiger partial charge in [-0.3, -0.25) is 0 Å². The summed E-state index contributed by atoms with van der Waals surface area (Å²) in [6.45, 7) is 5.96. The van der Waals surface area contributed by atoms with Gasteiger partial charge in [-0.2, -0.15) is 12.6 Å². The summed E-state index contributed by atoms with van der Waals surface area (Å²) < 4.78 is 6.99. The van der Waals surface area contributed by atoms with Gasteiger partial charge in [0, 0.05) is 19.2 Å². The number of nitrogens with zero attached hydrogens (tertiary/aromatic N) is 2. The first-order valence-electron chi connectivity index (χ1n) is 7.55.